The Kier molecular flexibility index (Phi) is 5.34. The number of hydrogen-bond acceptors (Lipinski definition) is 1. The molecule has 1 heterocycles. The SMILES string of the molecule is CC(C)Cc1cc(-c2cccc(-c3ccccc3)c2)ncc1-c1ccccc1. The van der Waals surface area contributed by atoms with Gasteiger partial charge in [0.05, 0.1) is 5.69 Å². The first-order valence-corrected chi connectivity index (χ1v) is 9.91. The lowest BCUT2D eigenvalue weighted by Crippen LogP contribution is -1.99. The molecule has 1 nitrogen and oxygen atoms in total. The maximum atomic E-state index is 4.83. The summed E-state index contributed by atoms with van der Waals surface area (Å²) < 4.78 is 0. The van der Waals surface area contributed by atoms with Gasteiger partial charge in [0, 0.05) is 17.3 Å². The summed E-state index contributed by atoms with van der Waals surface area (Å²) in [6.07, 6.45) is 3.08. The topological polar surface area (TPSA) is 12.9 Å². The second-order valence-electron chi connectivity index (χ2n) is 7.64. The lowest BCUT2D eigenvalue weighted by molar-refractivity contribution is 0.648. The molecule has 0 aliphatic heterocycles. The van der Waals surface area contributed by atoms with Crippen molar-refractivity contribution in [3.8, 4) is 33.5 Å². The molecule has 4 aromatic rings. The van der Waals surface area contributed by atoms with Crippen LogP contribution in [0.2, 0.25) is 0 Å². The summed E-state index contributed by atoms with van der Waals surface area (Å²) >= 11 is 0. The van der Waals surface area contributed by atoms with Crippen molar-refractivity contribution in [2.24, 2.45) is 5.92 Å². The highest BCUT2D eigenvalue weighted by Crippen LogP contribution is 2.30. The van der Waals surface area contributed by atoms with Gasteiger partial charge in [0.1, 0.15) is 0 Å². The van der Waals surface area contributed by atoms with Gasteiger partial charge in [-0.25, -0.2) is 0 Å². The van der Waals surface area contributed by atoms with Crippen LogP contribution in [-0.4, -0.2) is 4.98 Å². The maximum Gasteiger partial charge on any atom is 0.0705 e. The van der Waals surface area contributed by atoms with E-state index in [0.29, 0.717) is 5.92 Å². The van der Waals surface area contributed by atoms with Crippen LogP contribution in [0.1, 0.15) is 19.4 Å². The first-order valence-electron chi connectivity index (χ1n) is 9.91. The number of hydrogen-bond donors (Lipinski definition) is 0. The number of aromatic nitrogens is 1. The van der Waals surface area contributed by atoms with Crippen molar-refractivity contribution in [1.82, 2.24) is 4.98 Å². The molecule has 0 unspecified atom stereocenters. The third kappa shape index (κ3) is 4.04. The molecule has 0 fully saturated rings. The van der Waals surface area contributed by atoms with E-state index in [9.17, 15) is 0 Å². The number of pyridine rings is 1. The van der Waals surface area contributed by atoms with Crippen molar-refractivity contribution in [1.29, 1.82) is 0 Å². The minimum Gasteiger partial charge on any atom is -0.256 e. The third-order valence-corrected chi connectivity index (χ3v) is 4.97. The molecule has 4 rings (SSSR count). The molecule has 0 saturated heterocycles. The molecule has 0 amide bonds. The molecule has 1 heteroatoms. The monoisotopic (exact) mass is 363 g/mol. The fraction of sp³-hybridized carbons (Fsp3) is 0.148. The van der Waals surface area contributed by atoms with Crippen LogP contribution in [0.3, 0.4) is 0 Å². The van der Waals surface area contributed by atoms with Crippen molar-refractivity contribution in [3.05, 3.63) is 103 Å². The molecular weight excluding hydrogens is 338 g/mol. The number of rotatable bonds is 5. The summed E-state index contributed by atoms with van der Waals surface area (Å²) in [5.74, 6) is 0.591. The van der Waals surface area contributed by atoms with Crippen LogP contribution >= 0.6 is 0 Å². The van der Waals surface area contributed by atoms with E-state index in [0.717, 1.165) is 17.7 Å². The van der Waals surface area contributed by atoms with Gasteiger partial charge in [-0.1, -0.05) is 92.7 Å². The predicted molar refractivity (Wildman–Crippen MR) is 119 cm³/mol. The minimum atomic E-state index is 0.591. The molecule has 0 N–H and O–H groups in total. The lowest BCUT2D eigenvalue weighted by Gasteiger charge is -2.14. The van der Waals surface area contributed by atoms with Crippen LogP contribution in [0.5, 0.6) is 0 Å². The quantitative estimate of drug-likeness (QED) is 0.363. The molecule has 0 spiro atoms. The Labute approximate surface area is 167 Å². The average Bonchev–Trinajstić information content (AvgIpc) is 2.75. The van der Waals surface area contributed by atoms with Gasteiger partial charge >= 0.3 is 0 Å². The minimum absolute atomic E-state index is 0.591. The molecule has 0 aliphatic rings. The molecule has 1 aromatic heterocycles. The largest absolute Gasteiger partial charge is 0.256 e. The number of nitrogens with zero attached hydrogens (tertiary/aromatic N) is 1. The van der Waals surface area contributed by atoms with E-state index in [1.165, 1.54) is 27.8 Å². The smallest absolute Gasteiger partial charge is 0.0705 e. The van der Waals surface area contributed by atoms with Crippen LogP contribution in [-0.2, 0) is 6.42 Å². The van der Waals surface area contributed by atoms with Gasteiger partial charge < -0.3 is 0 Å². The van der Waals surface area contributed by atoms with Crippen molar-refractivity contribution in [3.63, 3.8) is 0 Å². The molecule has 28 heavy (non-hydrogen) atoms. The highest BCUT2D eigenvalue weighted by molar-refractivity contribution is 5.74. The van der Waals surface area contributed by atoms with E-state index >= 15 is 0 Å². The second-order valence-corrected chi connectivity index (χ2v) is 7.64. The van der Waals surface area contributed by atoms with E-state index < -0.39 is 0 Å². The van der Waals surface area contributed by atoms with Gasteiger partial charge in [-0.15, -0.1) is 0 Å². The van der Waals surface area contributed by atoms with Crippen molar-refractivity contribution in [2.75, 3.05) is 0 Å². The molecule has 0 saturated carbocycles. The number of benzene rings is 3. The highest BCUT2D eigenvalue weighted by Gasteiger charge is 2.11. The Morgan fingerprint density at radius 2 is 1.25 bits per heavy atom. The Balaban J connectivity index is 1.77. The predicted octanol–water partition coefficient (Wildman–Crippen LogP) is 7.28. The van der Waals surface area contributed by atoms with Gasteiger partial charge in [-0.3, -0.25) is 4.98 Å². The van der Waals surface area contributed by atoms with E-state index in [1.807, 2.05) is 6.20 Å². The second kappa shape index (κ2) is 8.22. The fourth-order valence-corrected chi connectivity index (χ4v) is 3.63. The zero-order chi connectivity index (χ0) is 19.3. The van der Waals surface area contributed by atoms with Crippen LogP contribution in [0.25, 0.3) is 33.5 Å². The zero-order valence-corrected chi connectivity index (χ0v) is 16.5. The fourth-order valence-electron chi connectivity index (χ4n) is 3.63. The van der Waals surface area contributed by atoms with Crippen molar-refractivity contribution < 1.29 is 0 Å². The maximum absolute atomic E-state index is 4.83. The van der Waals surface area contributed by atoms with E-state index in [-0.39, 0.29) is 0 Å². The van der Waals surface area contributed by atoms with Crippen LogP contribution in [0.15, 0.2) is 97.2 Å². The molecule has 0 atom stereocenters. The Hall–Kier alpha value is -3.19. The van der Waals surface area contributed by atoms with Gasteiger partial charge in [0.25, 0.3) is 0 Å². The molecule has 0 bridgehead atoms. The summed E-state index contributed by atoms with van der Waals surface area (Å²) in [5, 5.41) is 0. The van der Waals surface area contributed by atoms with Crippen LogP contribution < -0.4 is 0 Å². The normalized spacial score (nSPS) is 11.0. The third-order valence-electron chi connectivity index (χ3n) is 4.97. The van der Waals surface area contributed by atoms with Crippen LogP contribution in [0.4, 0.5) is 0 Å². The first kappa shape index (κ1) is 18.2. The molecule has 3 aromatic carbocycles. The summed E-state index contributed by atoms with van der Waals surface area (Å²) in [4.78, 5) is 4.83. The van der Waals surface area contributed by atoms with E-state index in [2.05, 4.69) is 105 Å². The van der Waals surface area contributed by atoms with Crippen LogP contribution in [0, 0.1) is 5.92 Å². The summed E-state index contributed by atoms with van der Waals surface area (Å²) in [6, 6.07) is 32.0. The van der Waals surface area contributed by atoms with Gasteiger partial charge in [-0.05, 0) is 46.7 Å². The van der Waals surface area contributed by atoms with Gasteiger partial charge in [0.2, 0.25) is 0 Å². The molecule has 138 valence electrons. The molecular formula is C27H25N. The van der Waals surface area contributed by atoms with E-state index in [4.69, 9.17) is 4.98 Å². The van der Waals surface area contributed by atoms with Crippen molar-refractivity contribution >= 4 is 0 Å². The lowest BCUT2D eigenvalue weighted by atomic mass is 9.93. The summed E-state index contributed by atoms with van der Waals surface area (Å²) in [7, 11) is 0. The van der Waals surface area contributed by atoms with Gasteiger partial charge in [0.15, 0.2) is 0 Å². The highest BCUT2D eigenvalue weighted by atomic mass is 14.7. The summed E-state index contributed by atoms with van der Waals surface area (Å²) in [6.45, 7) is 4.54. The Bertz CT molecular complexity index is 1050. The van der Waals surface area contributed by atoms with Gasteiger partial charge in [-0.2, -0.15) is 0 Å². The standard InChI is InChI=1S/C27H25N/c1-20(2)16-25-18-27(28-19-26(25)22-12-7-4-8-13-22)24-15-9-14-23(17-24)21-10-5-3-6-11-21/h3-15,17-20H,16H2,1-2H3. The Morgan fingerprint density at radius 3 is 1.93 bits per heavy atom. The molecule has 0 aliphatic carbocycles. The summed E-state index contributed by atoms with van der Waals surface area (Å²) in [5.41, 5.74) is 8.47. The zero-order valence-electron chi connectivity index (χ0n) is 16.5. The average molecular weight is 364 g/mol. The first-order chi connectivity index (χ1) is 13.7. The van der Waals surface area contributed by atoms with Crippen molar-refractivity contribution in [2.45, 2.75) is 20.3 Å². The molecule has 0 radical (unpaired) electrons. The van der Waals surface area contributed by atoms with E-state index in [1.54, 1.807) is 0 Å². The Morgan fingerprint density at radius 1 is 0.643 bits per heavy atom.